The molecule has 1 aromatic carbocycles. The Hall–Kier alpha value is -1.02. The molecule has 1 aliphatic heterocycles. The van der Waals surface area contributed by atoms with Crippen molar-refractivity contribution in [2.75, 3.05) is 6.54 Å². The first-order valence-corrected chi connectivity index (χ1v) is 6.11. The molecule has 0 spiro atoms. The second kappa shape index (κ2) is 4.46. The number of likely N-dealkylation sites (tertiary alicyclic amines) is 1. The molecular weight excluding hydrogens is 198 g/mol. The molecule has 1 aromatic rings. The van der Waals surface area contributed by atoms with Gasteiger partial charge in [0.25, 0.3) is 0 Å². The van der Waals surface area contributed by atoms with Crippen molar-refractivity contribution >= 4 is 0 Å². The number of rotatable bonds is 2. The minimum absolute atomic E-state index is 0.443. The Labute approximate surface area is 97.9 Å². The molecule has 0 radical (unpaired) electrons. The molecule has 1 aliphatic rings. The molecule has 0 saturated carbocycles. The summed E-state index contributed by atoms with van der Waals surface area (Å²) in [4.78, 5) is 2.52. The standard InChI is InChI=1S/C14H21NO/c1-10-7-13(8-11(2)14(10)16)9-15-6-4-5-12(15)3/h7-8,12,16H,4-6,9H2,1-3H3. The molecule has 0 amide bonds. The Bertz CT molecular complexity index is 363. The van der Waals surface area contributed by atoms with Crippen molar-refractivity contribution < 1.29 is 5.11 Å². The molecule has 0 aromatic heterocycles. The molecule has 0 bridgehead atoms. The fourth-order valence-electron chi connectivity index (χ4n) is 2.60. The number of aryl methyl sites for hydroxylation is 2. The van der Waals surface area contributed by atoms with E-state index in [2.05, 4.69) is 24.0 Å². The highest BCUT2D eigenvalue weighted by Crippen LogP contribution is 2.25. The summed E-state index contributed by atoms with van der Waals surface area (Å²) in [6.07, 6.45) is 2.63. The number of phenols is 1. The number of phenolic OH excluding ortho intramolecular Hbond substituents is 1. The number of hydrogen-bond donors (Lipinski definition) is 1. The highest BCUT2D eigenvalue weighted by molar-refractivity contribution is 5.42. The molecule has 2 heteroatoms. The predicted octanol–water partition coefficient (Wildman–Crippen LogP) is 2.99. The van der Waals surface area contributed by atoms with Gasteiger partial charge in [0.05, 0.1) is 0 Å². The van der Waals surface area contributed by atoms with Gasteiger partial charge in [-0.2, -0.15) is 0 Å². The van der Waals surface area contributed by atoms with E-state index >= 15 is 0 Å². The summed E-state index contributed by atoms with van der Waals surface area (Å²) in [7, 11) is 0. The van der Waals surface area contributed by atoms with Crippen molar-refractivity contribution in [1.29, 1.82) is 0 Å². The maximum absolute atomic E-state index is 9.73. The molecule has 1 heterocycles. The number of hydrogen-bond acceptors (Lipinski definition) is 2. The van der Waals surface area contributed by atoms with Gasteiger partial charge in [0, 0.05) is 12.6 Å². The van der Waals surface area contributed by atoms with Crippen LogP contribution in [0.1, 0.15) is 36.5 Å². The van der Waals surface area contributed by atoms with Crippen molar-refractivity contribution in [3.05, 3.63) is 28.8 Å². The van der Waals surface area contributed by atoms with Gasteiger partial charge in [0.1, 0.15) is 5.75 Å². The van der Waals surface area contributed by atoms with E-state index in [1.54, 1.807) is 0 Å². The lowest BCUT2D eigenvalue weighted by atomic mass is 10.1. The zero-order chi connectivity index (χ0) is 11.7. The average Bonchev–Trinajstić information content (AvgIpc) is 2.61. The van der Waals surface area contributed by atoms with Crippen LogP contribution in [0.5, 0.6) is 5.75 Å². The smallest absolute Gasteiger partial charge is 0.121 e. The summed E-state index contributed by atoms with van der Waals surface area (Å²) < 4.78 is 0. The van der Waals surface area contributed by atoms with E-state index in [1.165, 1.54) is 24.9 Å². The molecule has 1 fully saturated rings. The van der Waals surface area contributed by atoms with Crippen LogP contribution in [0.15, 0.2) is 12.1 Å². The van der Waals surface area contributed by atoms with Gasteiger partial charge in [-0.3, -0.25) is 4.90 Å². The normalized spacial score (nSPS) is 21.6. The van der Waals surface area contributed by atoms with Crippen LogP contribution in [-0.4, -0.2) is 22.6 Å². The summed E-state index contributed by atoms with van der Waals surface area (Å²) in [5.41, 5.74) is 3.30. The third kappa shape index (κ3) is 2.22. The highest BCUT2D eigenvalue weighted by Gasteiger charge is 2.20. The maximum atomic E-state index is 9.73. The van der Waals surface area contributed by atoms with Crippen LogP contribution in [0.4, 0.5) is 0 Å². The van der Waals surface area contributed by atoms with Crippen LogP contribution in [0.3, 0.4) is 0 Å². The fourth-order valence-corrected chi connectivity index (χ4v) is 2.60. The van der Waals surface area contributed by atoms with Gasteiger partial charge in [0.15, 0.2) is 0 Å². The Morgan fingerprint density at radius 3 is 2.44 bits per heavy atom. The molecule has 1 N–H and O–H groups in total. The molecule has 2 nitrogen and oxygen atoms in total. The zero-order valence-electron chi connectivity index (χ0n) is 10.5. The number of aromatic hydroxyl groups is 1. The minimum Gasteiger partial charge on any atom is -0.507 e. The lowest BCUT2D eigenvalue weighted by Crippen LogP contribution is -2.26. The first-order chi connectivity index (χ1) is 7.58. The summed E-state index contributed by atoms with van der Waals surface area (Å²) in [6.45, 7) is 8.47. The van der Waals surface area contributed by atoms with E-state index in [0.29, 0.717) is 11.8 Å². The van der Waals surface area contributed by atoms with Gasteiger partial charge in [-0.05, 0) is 56.8 Å². The molecule has 0 aliphatic carbocycles. The molecule has 1 saturated heterocycles. The Balaban J connectivity index is 2.15. The van der Waals surface area contributed by atoms with Crippen LogP contribution in [-0.2, 0) is 6.54 Å². The zero-order valence-corrected chi connectivity index (χ0v) is 10.5. The molecule has 88 valence electrons. The summed E-state index contributed by atoms with van der Waals surface area (Å²) >= 11 is 0. The maximum Gasteiger partial charge on any atom is 0.121 e. The first kappa shape index (κ1) is 11.5. The Morgan fingerprint density at radius 1 is 1.31 bits per heavy atom. The van der Waals surface area contributed by atoms with Gasteiger partial charge in [-0.15, -0.1) is 0 Å². The van der Waals surface area contributed by atoms with Crippen molar-refractivity contribution in [2.45, 2.75) is 46.2 Å². The van der Waals surface area contributed by atoms with Crippen LogP contribution in [0.2, 0.25) is 0 Å². The predicted molar refractivity (Wildman–Crippen MR) is 66.7 cm³/mol. The van der Waals surface area contributed by atoms with E-state index < -0.39 is 0 Å². The number of benzene rings is 1. The molecule has 16 heavy (non-hydrogen) atoms. The third-order valence-electron chi connectivity index (χ3n) is 3.63. The van der Waals surface area contributed by atoms with Crippen LogP contribution < -0.4 is 0 Å². The van der Waals surface area contributed by atoms with Crippen LogP contribution >= 0.6 is 0 Å². The second-order valence-electron chi connectivity index (χ2n) is 5.04. The van der Waals surface area contributed by atoms with Crippen LogP contribution in [0.25, 0.3) is 0 Å². The Morgan fingerprint density at radius 2 is 1.94 bits per heavy atom. The topological polar surface area (TPSA) is 23.5 Å². The van der Waals surface area contributed by atoms with Gasteiger partial charge in [0.2, 0.25) is 0 Å². The largest absolute Gasteiger partial charge is 0.507 e. The first-order valence-electron chi connectivity index (χ1n) is 6.11. The monoisotopic (exact) mass is 219 g/mol. The highest BCUT2D eigenvalue weighted by atomic mass is 16.3. The Kier molecular flexibility index (Phi) is 3.20. The summed E-state index contributed by atoms with van der Waals surface area (Å²) in [5.74, 6) is 0.443. The third-order valence-corrected chi connectivity index (χ3v) is 3.63. The van der Waals surface area contributed by atoms with Gasteiger partial charge >= 0.3 is 0 Å². The van der Waals surface area contributed by atoms with E-state index in [0.717, 1.165) is 17.7 Å². The lowest BCUT2D eigenvalue weighted by Gasteiger charge is -2.21. The summed E-state index contributed by atoms with van der Waals surface area (Å²) in [5, 5.41) is 9.73. The quantitative estimate of drug-likeness (QED) is 0.826. The van der Waals surface area contributed by atoms with E-state index in [1.807, 2.05) is 13.8 Å². The second-order valence-corrected chi connectivity index (χ2v) is 5.04. The fraction of sp³-hybridized carbons (Fsp3) is 0.571. The SMILES string of the molecule is Cc1cc(CN2CCCC2C)cc(C)c1O. The van der Waals surface area contributed by atoms with Gasteiger partial charge < -0.3 is 5.11 Å². The van der Waals surface area contributed by atoms with E-state index in [-0.39, 0.29) is 0 Å². The molecule has 1 atom stereocenters. The van der Waals surface area contributed by atoms with Crippen molar-refractivity contribution in [2.24, 2.45) is 0 Å². The van der Waals surface area contributed by atoms with Gasteiger partial charge in [-0.1, -0.05) is 12.1 Å². The summed E-state index contributed by atoms with van der Waals surface area (Å²) in [6, 6.07) is 4.91. The molecular formula is C14H21NO. The van der Waals surface area contributed by atoms with Crippen molar-refractivity contribution in [3.63, 3.8) is 0 Å². The van der Waals surface area contributed by atoms with Crippen LogP contribution in [0, 0.1) is 13.8 Å². The van der Waals surface area contributed by atoms with Crippen molar-refractivity contribution in [1.82, 2.24) is 4.90 Å². The average molecular weight is 219 g/mol. The molecule has 2 rings (SSSR count). The minimum atomic E-state index is 0.443. The van der Waals surface area contributed by atoms with Crippen molar-refractivity contribution in [3.8, 4) is 5.75 Å². The number of nitrogens with zero attached hydrogens (tertiary/aromatic N) is 1. The lowest BCUT2D eigenvalue weighted by molar-refractivity contribution is 0.260. The van der Waals surface area contributed by atoms with Gasteiger partial charge in [-0.25, -0.2) is 0 Å². The van der Waals surface area contributed by atoms with E-state index in [4.69, 9.17) is 0 Å². The molecule has 1 unspecified atom stereocenters. The van der Waals surface area contributed by atoms with E-state index in [9.17, 15) is 5.11 Å².